The van der Waals surface area contributed by atoms with Gasteiger partial charge in [0.05, 0.1) is 36.9 Å². The van der Waals surface area contributed by atoms with Crippen molar-refractivity contribution < 1.29 is 72.2 Å². The van der Waals surface area contributed by atoms with Gasteiger partial charge in [-0.1, -0.05) is 85.5 Å². The number of fused-ring (bicyclic) bond motifs is 1. The number of guanidine groups is 2. The minimum absolute atomic E-state index is 0.0278. The molecule has 1 aromatic heterocycles. The molecule has 1 aliphatic carbocycles. The van der Waals surface area contributed by atoms with Crippen LogP contribution in [-0.2, 0) is 80.0 Å². The van der Waals surface area contributed by atoms with E-state index in [4.69, 9.17) is 28.7 Å². The number of aliphatic imine (C=N–C) groups is 2. The molecule has 590 valence electrons. The summed E-state index contributed by atoms with van der Waals surface area (Å²) in [6, 6.07) is -1.56. The van der Waals surface area contributed by atoms with Crippen LogP contribution in [0.15, 0.2) is 52.8 Å². The van der Waals surface area contributed by atoms with Crippen LogP contribution in [0, 0.1) is 29.6 Å². The number of nitrogens with one attached hydrogen (secondary N) is 8. The lowest BCUT2D eigenvalue weighted by Crippen LogP contribution is -2.56. The molecule has 2 aromatic rings. The van der Waals surface area contributed by atoms with Crippen LogP contribution in [0.5, 0.6) is 0 Å². The topological polar surface area (TPSA) is 533 Å². The molecule has 12 atom stereocenters. The summed E-state index contributed by atoms with van der Waals surface area (Å²) < 4.78 is 0. The number of carbonyl (C=O) groups excluding carboxylic acids is 13. The smallest absolute Gasteiger partial charge is 0.326 e. The van der Waals surface area contributed by atoms with E-state index in [1.165, 1.54) is 22.3 Å². The van der Waals surface area contributed by atoms with Crippen molar-refractivity contribution in [1.29, 1.82) is 0 Å². The highest BCUT2D eigenvalue weighted by Crippen LogP contribution is 2.30. The minimum atomic E-state index is -1.47. The van der Waals surface area contributed by atoms with Gasteiger partial charge in [0.1, 0.15) is 36.0 Å². The highest BCUT2D eigenvalue weighted by Gasteiger charge is 2.43. The van der Waals surface area contributed by atoms with Crippen molar-refractivity contribution in [2.75, 3.05) is 50.8 Å². The molecule has 3 saturated heterocycles. The van der Waals surface area contributed by atoms with Gasteiger partial charge in [-0.05, 0) is 108 Å². The third-order valence-electron chi connectivity index (χ3n) is 19.5. The highest BCUT2D eigenvalue weighted by molar-refractivity contribution is 8.76. The Kier molecular flexibility index (Phi) is 36.5. The zero-order valence-electron chi connectivity index (χ0n) is 61.6. The first-order valence-corrected chi connectivity index (χ1v) is 39.7. The lowest BCUT2D eigenvalue weighted by Gasteiger charge is -2.30. The number of imidazole rings is 1. The van der Waals surface area contributed by atoms with Crippen LogP contribution in [0.2, 0.25) is 0 Å². The molecule has 1 saturated carbocycles. The Bertz CT molecular complexity index is 3430. The lowest BCUT2D eigenvalue weighted by molar-refractivity contribution is -0.142. The first kappa shape index (κ1) is 86.9. The number of nitrogens with two attached hydrogens (primary N) is 5. The number of ketones is 4. The number of nitrogens with zero attached hydrogens (tertiary/aromatic N) is 5. The van der Waals surface area contributed by atoms with Gasteiger partial charge in [-0.15, -0.1) is 0 Å². The third-order valence-corrected chi connectivity index (χ3v) is 22.0. The fourth-order valence-electron chi connectivity index (χ4n) is 13.7. The number of carboxylic acids is 1. The van der Waals surface area contributed by atoms with Crippen LogP contribution < -0.4 is 65.9 Å². The monoisotopic (exact) mass is 1530 g/mol. The summed E-state index contributed by atoms with van der Waals surface area (Å²) in [6.45, 7) is 5.70. The van der Waals surface area contributed by atoms with E-state index in [9.17, 15) is 57.8 Å². The van der Waals surface area contributed by atoms with Gasteiger partial charge < -0.3 is 85.8 Å². The summed E-state index contributed by atoms with van der Waals surface area (Å²) in [6.07, 6.45) is 5.81. The quantitative estimate of drug-likeness (QED) is 0.0193. The average molecular weight is 1530 g/mol. The molecule has 0 unspecified atom stereocenters. The molecule has 4 heterocycles. The molecular formula is C72H110N18O15S2. The predicted octanol–water partition coefficient (Wildman–Crippen LogP) is 0.249. The van der Waals surface area contributed by atoms with Gasteiger partial charge in [-0.2, -0.15) is 0 Å². The Morgan fingerprint density at radius 1 is 0.720 bits per heavy atom. The third kappa shape index (κ3) is 28.9. The maximum atomic E-state index is 15.3. The van der Waals surface area contributed by atoms with E-state index < -0.39 is 168 Å². The number of amides is 9. The van der Waals surface area contributed by atoms with E-state index in [2.05, 4.69) is 57.2 Å². The summed E-state index contributed by atoms with van der Waals surface area (Å²) >= 11 is 0. The number of carbonyl (C=O) groups is 14. The van der Waals surface area contributed by atoms with Crippen LogP contribution in [0.3, 0.4) is 0 Å². The number of Topliss-reactive ketones (excluding diaryl/α,β-unsaturated/α-hetero) is 4. The molecule has 9 amide bonds. The van der Waals surface area contributed by atoms with Gasteiger partial charge in [0.15, 0.2) is 29.3 Å². The second-order valence-corrected chi connectivity index (χ2v) is 31.0. The maximum absolute atomic E-state index is 15.3. The predicted molar refractivity (Wildman–Crippen MR) is 402 cm³/mol. The first-order valence-electron chi connectivity index (χ1n) is 37.2. The van der Waals surface area contributed by atoms with Gasteiger partial charge >= 0.3 is 5.97 Å². The number of hydrogen-bond acceptors (Lipinski definition) is 20. The number of aliphatic carboxylic acids is 1. The molecule has 4 fully saturated rings. The fourth-order valence-corrected chi connectivity index (χ4v) is 16.1. The van der Waals surface area contributed by atoms with Crippen molar-refractivity contribution in [3.8, 4) is 0 Å². The Morgan fingerprint density at radius 2 is 1.38 bits per heavy atom. The number of aromatic amines is 1. The molecule has 3 aliphatic heterocycles. The van der Waals surface area contributed by atoms with Crippen molar-refractivity contribution in [1.82, 2.24) is 57.0 Å². The van der Waals surface area contributed by atoms with Gasteiger partial charge in [-0.3, -0.25) is 72.3 Å². The molecule has 35 heteroatoms. The molecule has 0 spiro atoms. The second-order valence-electron chi connectivity index (χ2n) is 28.4. The molecule has 33 nitrogen and oxygen atoms in total. The van der Waals surface area contributed by atoms with E-state index in [-0.39, 0.29) is 158 Å². The number of unbranched alkanes of at least 4 members (excludes halogenated alkanes) is 2. The van der Waals surface area contributed by atoms with Crippen LogP contribution in [0.4, 0.5) is 0 Å². The Labute approximate surface area is 631 Å². The van der Waals surface area contributed by atoms with Crippen LogP contribution in [-0.4, -0.2) is 218 Å². The molecule has 0 radical (unpaired) electrons. The zero-order valence-corrected chi connectivity index (χ0v) is 63.2. The Morgan fingerprint density at radius 3 is 2.03 bits per heavy atom. The minimum Gasteiger partial charge on any atom is -0.480 e. The lowest BCUT2D eigenvalue weighted by atomic mass is 9.88. The molecule has 4 aliphatic rings. The largest absolute Gasteiger partial charge is 0.480 e. The normalized spacial score (nSPS) is 22.8. The Balaban J connectivity index is 1.34. The van der Waals surface area contributed by atoms with Gasteiger partial charge in [-0.25, -0.2) is 9.78 Å². The SMILES string of the molecule is CCCC[C@@H]1CC(=O)[C@H]2CCCN2C(=O)CNC(=O)[C@@H](CCCCN)NC(=O)[C@@H](Cc2cnc[nH]2)CC(=O)[C@@H](NC(=O)[C@H](CC(=O)[C@H](CCCN=C(N)N)NC(=O)[C@H]2CCCN2C(=O)[C@H](CCCN=C(N)N)NC(=O)[C@H]2CCC(=O)C2)CC(C)C)CSSC[C@@H](C(=O)N[C@H](Cc2ccccc2)C(=O)O)NC1=O. The summed E-state index contributed by atoms with van der Waals surface area (Å²) in [5, 5.41) is 29.8. The Hall–Kier alpha value is -8.99. The molecule has 107 heavy (non-hydrogen) atoms. The standard InChI is InChI=1S/C72H110N18O15S2/c1-4-5-17-44-34-60(94)56-21-13-28-89(56)61(95)38-81-66(100)51(18-9-10-25-73)84-65(99)47(32-48-37-78-41-82-48)36-59(93)54(39-106-107-40-55(88-62(44)96)67(101)86-53(70(104)105)31-43-15-7-6-8-16-43)87-64(98)46(30-42(2)3)35-58(92)50(19-11-26-79-71(74)75)83-68(102)57-22-14-29-90(57)69(103)52(20-12-27-80-72(76)77)85-63(97)45-23-24-49(91)33-45/h6-8,15-16,37,41-42,44-47,50-57H,4-5,9-14,17-36,38-40,73H2,1-3H3,(H,78,82)(H,81,100)(H,83,102)(H,84,99)(H,85,97)(H,86,101)(H,87,98)(H,88,96)(H,104,105)(H4,74,75,79)(H4,76,77,80)/t44-,45+,46+,47+,50+,51-,52+,53-,54+,55+,56-,57-/m1/s1. The van der Waals surface area contributed by atoms with Crippen molar-refractivity contribution >= 4 is 116 Å². The average Bonchev–Trinajstić information content (AvgIpc) is 1.74. The summed E-state index contributed by atoms with van der Waals surface area (Å²) in [7, 11) is 1.99. The van der Waals surface area contributed by atoms with E-state index in [1.807, 2.05) is 20.8 Å². The second kappa shape index (κ2) is 45.0. The van der Waals surface area contributed by atoms with Gasteiger partial charge in [0.25, 0.3) is 0 Å². The van der Waals surface area contributed by atoms with E-state index in [0.29, 0.717) is 56.2 Å². The molecule has 1 aromatic carbocycles. The van der Waals surface area contributed by atoms with Crippen molar-refractivity contribution in [2.24, 2.45) is 68.2 Å². The van der Waals surface area contributed by atoms with Crippen LogP contribution in [0.25, 0.3) is 0 Å². The van der Waals surface area contributed by atoms with E-state index in [0.717, 1.165) is 21.6 Å². The van der Waals surface area contributed by atoms with E-state index in [1.54, 1.807) is 30.3 Å². The number of rotatable bonds is 34. The van der Waals surface area contributed by atoms with Crippen molar-refractivity contribution in [2.45, 2.75) is 217 Å². The number of aromatic nitrogens is 2. The van der Waals surface area contributed by atoms with Crippen LogP contribution >= 0.6 is 21.6 Å². The fraction of sp³-hybridized carbons (Fsp3) is 0.653. The van der Waals surface area contributed by atoms with Gasteiger partial charge in [0, 0.05) is 112 Å². The summed E-state index contributed by atoms with van der Waals surface area (Å²) in [4.78, 5) is 218. The van der Waals surface area contributed by atoms with Crippen molar-refractivity contribution in [3.05, 3.63) is 54.1 Å². The number of H-pyrrole nitrogens is 1. The highest BCUT2D eigenvalue weighted by atomic mass is 33.1. The van der Waals surface area contributed by atoms with Gasteiger partial charge in [0.2, 0.25) is 53.2 Å². The summed E-state index contributed by atoms with van der Waals surface area (Å²) in [5.74, 6) is -14.5. The zero-order chi connectivity index (χ0) is 78.1. The number of carboxylic acid groups (broad SMARTS) is 1. The maximum Gasteiger partial charge on any atom is 0.326 e. The summed E-state index contributed by atoms with van der Waals surface area (Å²) in [5.41, 5.74) is 29.3. The molecule has 0 bridgehead atoms. The number of benzene rings is 1. The molecule has 19 N–H and O–H groups in total. The van der Waals surface area contributed by atoms with Crippen LogP contribution in [0.1, 0.15) is 167 Å². The van der Waals surface area contributed by atoms with Crippen molar-refractivity contribution in [3.63, 3.8) is 0 Å². The molecule has 6 rings (SSSR count). The number of hydrogen-bond donors (Lipinski definition) is 14. The molecular weight excluding hydrogens is 1420 g/mol. The first-order chi connectivity index (χ1) is 51.2. The van der Waals surface area contributed by atoms with E-state index >= 15 is 14.4 Å². The number of likely N-dealkylation sites (tertiary alicyclic amines) is 1.